The van der Waals surface area contributed by atoms with Gasteiger partial charge >= 0.3 is 6.03 Å². The zero-order valence-corrected chi connectivity index (χ0v) is 12.6. The number of carbonyl (C=O) groups is 1. The van der Waals surface area contributed by atoms with Gasteiger partial charge in [0.05, 0.1) is 12.7 Å². The lowest BCUT2D eigenvalue weighted by Crippen LogP contribution is -2.45. The van der Waals surface area contributed by atoms with Crippen molar-refractivity contribution in [3.63, 3.8) is 0 Å². The lowest BCUT2D eigenvalue weighted by Gasteiger charge is -2.33. The first-order valence-corrected chi connectivity index (χ1v) is 7.60. The molecule has 2 saturated heterocycles. The second-order valence-electron chi connectivity index (χ2n) is 6.15. The molecule has 2 N–H and O–H groups in total. The maximum atomic E-state index is 12.1. The molecule has 0 aliphatic carbocycles. The summed E-state index contributed by atoms with van der Waals surface area (Å²) in [7, 11) is 0. The van der Waals surface area contributed by atoms with E-state index >= 15 is 0 Å². The van der Waals surface area contributed by atoms with Crippen LogP contribution in [0.4, 0.5) is 10.5 Å². The molecule has 1 aromatic rings. The zero-order valence-electron chi connectivity index (χ0n) is 12.6. The molecule has 5 nitrogen and oxygen atoms in total. The standard InChI is InChI=1S/C16H23N3O2/c1-11-3-5-13(6-4-11)17-16(20)18-14-7-15-10-21-12(2)8-19(15)9-14/h3-6,12,14-15H,7-10H2,1-2H3,(H2,17,18,20)/t12-,14+,15+/m1/s1. The average Bonchev–Trinajstić information content (AvgIpc) is 2.82. The van der Waals surface area contributed by atoms with Crippen molar-refractivity contribution >= 4 is 11.7 Å². The van der Waals surface area contributed by atoms with E-state index in [0.717, 1.165) is 31.8 Å². The number of aryl methyl sites for hydroxylation is 1. The Morgan fingerprint density at radius 1 is 1.29 bits per heavy atom. The molecule has 0 radical (unpaired) electrons. The SMILES string of the molecule is Cc1ccc(NC(=O)N[C@H]2C[C@H]3CO[C@H](C)CN3C2)cc1. The molecule has 2 aliphatic heterocycles. The second-order valence-corrected chi connectivity index (χ2v) is 6.15. The number of carbonyl (C=O) groups excluding carboxylic acids is 1. The summed E-state index contributed by atoms with van der Waals surface area (Å²) in [6.07, 6.45) is 1.26. The quantitative estimate of drug-likeness (QED) is 0.875. The maximum absolute atomic E-state index is 12.1. The van der Waals surface area contributed by atoms with Gasteiger partial charge < -0.3 is 15.4 Å². The van der Waals surface area contributed by atoms with Gasteiger partial charge in [-0.2, -0.15) is 0 Å². The van der Waals surface area contributed by atoms with Gasteiger partial charge in [-0.25, -0.2) is 4.79 Å². The van der Waals surface area contributed by atoms with Crippen LogP contribution in [-0.4, -0.2) is 48.8 Å². The van der Waals surface area contributed by atoms with Crippen LogP contribution >= 0.6 is 0 Å². The molecular formula is C16H23N3O2. The summed E-state index contributed by atoms with van der Waals surface area (Å²) in [6, 6.07) is 8.34. The summed E-state index contributed by atoms with van der Waals surface area (Å²) in [5.41, 5.74) is 2.01. The van der Waals surface area contributed by atoms with Gasteiger partial charge in [0.15, 0.2) is 0 Å². The van der Waals surface area contributed by atoms with Crippen LogP contribution in [0.3, 0.4) is 0 Å². The van der Waals surface area contributed by atoms with Crippen molar-refractivity contribution in [2.75, 3.05) is 25.0 Å². The number of anilines is 1. The molecule has 2 amide bonds. The first-order valence-electron chi connectivity index (χ1n) is 7.60. The van der Waals surface area contributed by atoms with Crippen LogP contribution < -0.4 is 10.6 Å². The van der Waals surface area contributed by atoms with Crippen LogP contribution in [0, 0.1) is 6.92 Å². The van der Waals surface area contributed by atoms with Crippen molar-refractivity contribution in [2.24, 2.45) is 0 Å². The first-order chi connectivity index (χ1) is 10.1. The number of morpholine rings is 1. The summed E-state index contributed by atoms with van der Waals surface area (Å²) < 4.78 is 5.68. The Morgan fingerprint density at radius 2 is 2.05 bits per heavy atom. The Labute approximate surface area is 125 Å². The molecule has 2 heterocycles. The largest absolute Gasteiger partial charge is 0.376 e. The van der Waals surface area contributed by atoms with Gasteiger partial charge in [0, 0.05) is 30.9 Å². The van der Waals surface area contributed by atoms with E-state index in [9.17, 15) is 4.79 Å². The highest BCUT2D eigenvalue weighted by atomic mass is 16.5. The molecule has 21 heavy (non-hydrogen) atoms. The van der Waals surface area contributed by atoms with E-state index in [0.29, 0.717) is 12.1 Å². The summed E-state index contributed by atoms with van der Waals surface area (Å²) >= 11 is 0. The average molecular weight is 289 g/mol. The van der Waals surface area contributed by atoms with Crippen molar-refractivity contribution < 1.29 is 9.53 Å². The van der Waals surface area contributed by atoms with E-state index in [1.165, 1.54) is 5.56 Å². The van der Waals surface area contributed by atoms with Crippen LogP contribution in [0.5, 0.6) is 0 Å². The number of benzene rings is 1. The lowest BCUT2D eigenvalue weighted by molar-refractivity contribution is -0.0390. The van der Waals surface area contributed by atoms with Crippen molar-refractivity contribution in [1.82, 2.24) is 10.2 Å². The summed E-state index contributed by atoms with van der Waals surface area (Å²) in [6.45, 7) is 6.78. The molecule has 1 aromatic carbocycles. The van der Waals surface area contributed by atoms with Gasteiger partial charge in [-0.3, -0.25) is 4.90 Å². The van der Waals surface area contributed by atoms with E-state index < -0.39 is 0 Å². The number of nitrogens with one attached hydrogen (secondary N) is 2. The third-order valence-corrected chi connectivity index (χ3v) is 4.24. The van der Waals surface area contributed by atoms with Crippen LogP contribution in [0.15, 0.2) is 24.3 Å². The second kappa shape index (κ2) is 6.03. The number of nitrogens with zero attached hydrogens (tertiary/aromatic N) is 1. The predicted molar refractivity (Wildman–Crippen MR) is 82.5 cm³/mol. The van der Waals surface area contributed by atoms with Gasteiger partial charge in [-0.05, 0) is 32.4 Å². The number of hydrogen-bond donors (Lipinski definition) is 2. The Hall–Kier alpha value is -1.59. The number of hydrogen-bond acceptors (Lipinski definition) is 3. The van der Waals surface area contributed by atoms with Gasteiger partial charge in [-0.1, -0.05) is 17.7 Å². The monoisotopic (exact) mass is 289 g/mol. The molecule has 0 aromatic heterocycles. The molecule has 3 rings (SSSR count). The van der Waals surface area contributed by atoms with E-state index in [1.807, 2.05) is 31.2 Å². The molecule has 114 valence electrons. The topological polar surface area (TPSA) is 53.6 Å². The minimum absolute atomic E-state index is 0.127. The van der Waals surface area contributed by atoms with Gasteiger partial charge in [0.1, 0.15) is 0 Å². The fourth-order valence-corrected chi connectivity index (χ4v) is 3.13. The number of ether oxygens (including phenoxy) is 1. The number of rotatable bonds is 2. The smallest absolute Gasteiger partial charge is 0.319 e. The molecule has 3 atom stereocenters. The van der Waals surface area contributed by atoms with E-state index in [1.54, 1.807) is 0 Å². The highest BCUT2D eigenvalue weighted by Crippen LogP contribution is 2.23. The van der Waals surface area contributed by atoms with Gasteiger partial charge in [0.2, 0.25) is 0 Å². The molecule has 0 spiro atoms. The summed E-state index contributed by atoms with van der Waals surface area (Å²) in [4.78, 5) is 14.5. The van der Waals surface area contributed by atoms with Crippen molar-refractivity contribution in [1.29, 1.82) is 0 Å². The Balaban J connectivity index is 1.50. The number of urea groups is 1. The van der Waals surface area contributed by atoms with Crippen molar-refractivity contribution in [3.8, 4) is 0 Å². The minimum Gasteiger partial charge on any atom is -0.376 e. The third-order valence-electron chi connectivity index (χ3n) is 4.24. The van der Waals surface area contributed by atoms with Crippen molar-refractivity contribution in [2.45, 2.75) is 38.5 Å². The summed E-state index contributed by atoms with van der Waals surface area (Å²) in [5, 5.41) is 5.95. The normalized spacial score (nSPS) is 29.0. The number of fused-ring (bicyclic) bond motifs is 1. The molecule has 0 saturated carbocycles. The highest BCUT2D eigenvalue weighted by Gasteiger charge is 2.36. The van der Waals surface area contributed by atoms with Gasteiger partial charge in [-0.15, -0.1) is 0 Å². The number of amides is 2. The molecular weight excluding hydrogens is 266 g/mol. The van der Waals surface area contributed by atoms with Crippen LogP contribution in [0.2, 0.25) is 0 Å². The fourth-order valence-electron chi connectivity index (χ4n) is 3.13. The first kappa shape index (κ1) is 14.4. The molecule has 0 bridgehead atoms. The minimum atomic E-state index is -0.127. The van der Waals surface area contributed by atoms with E-state index in [2.05, 4.69) is 22.5 Å². The van der Waals surface area contributed by atoms with Crippen LogP contribution in [0.25, 0.3) is 0 Å². The van der Waals surface area contributed by atoms with Gasteiger partial charge in [0.25, 0.3) is 0 Å². The third kappa shape index (κ3) is 3.54. The van der Waals surface area contributed by atoms with Crippen LogP contribution in [0.1, 0.15) is 18.9 Å². The highest BCUT2D eigenvalue weighted by molar-refractivity contribution is 5.89. The Bertz CT molecular complexity index is 503. The summed E-state index contributed by atoms with van der Waals surface area (Å²) in [5.74, 6) is 0. The van der Waals surface area contributed by atoms with E-state index in [-0.39, 0.29) is 12.1 Å². The Morgan fingerprint density at radius 3 is 2.81 bits per heavy atom. The molecule has 2 fully saturated rings. The zero-order chi connectivity index (χ0) is 14.8. The van der Waals surface area contributed by atoms with Crippen molar-refractivity contribution in [3.05, 3.63) is 29.8 Å². The van der Waals surface area contributed by atoms with Crippen LogP contribution in [-0.2, 0) is 4.74 Å². The lowest BCUT2D eigenvalue weighted by atomic mass is 10.1. The predicted octanol–water partition coefficient (Wildman–Crippen LogP) is 1.98. The Kier molecular flexibility index (Phi) is 4.12. The molecule has 2 aliphatic rings. The maximum Gasteiger partial charge on any atom is 0.319 e. The fraction of sp³-hybridized carbons (Fsp3) is 0.562. The van der Waals surface area contributed by atoms with E-state index in [4.69, 9.17) is 4.74 Å². The molecule has 5 heteroatoms. The molecule has 0 unspecified atom stereocenters.